The van der Waals surface area contributed by atoms with E-state index in [1.54, 1.807) is 12.1 Å². The third-order valence-electron chi connectivity index (χ3n) is 5.30. The predicted octanol–water partition coefficient (Wildman–Crippen LogP) is 2.67. The Bertz CT molecular complexity index is 596. The molecule has 25 heavy (non-hydrogen) atoms. The Kier molecular flexibility index (Phi) is 6.21. The van der Waals surface area contributed by atoms with Crippen molar-refractivity contribution in [2.24, 2.45) is 0 Å². The zero-order valence-electron chi connectivity index (χ0n) is 15.0. The van der Waals surface area contributed by atoms with Gasteiger partial charge in [0.05, 0.1) is 0 Å². The van der Waals surface area contributed by atoms with E-state index in [1.165, 1.54) is 18.9 Å². The number of rotatable bonds is 4. The summed E-state index contributed by atoms with van der Waals surface area (Å²) in [4.78, 5) is 17.0. The number of hydrogen-bond acceptors (Lipinski definition) is 3. The average molecular weight is 345 g/mol. The fourth-order valence-corrected chi connectivity index (χ4v) is 3.83. The van der Waals surface area contributed by atoms with Gasteiger partial charge in [0.1, 0.15) is 0 Å². The summed E-state index contributed by atoms with van der Waals surface area (Å²) in [5.74, 6) is -1.32. The van der Waals surface area contributed by atoms with Crippen LogP contribution in [0, 0.1) is 0 Å². The van der Waals surface area contributed by atoms with Crippen molar-refractivity contribution in [1.29, 1.82) is 0 Å². The zero-order chi connectivity index (χ0) is 17.6. The maximum atomic E-state index is 14.2. The van der Waals surface area contributed by atoms with Crippen molar-refractivity contribution in [3.63, 3.8) is 0 Å². The van der Waals surface area contributed by atoms with Crippen molar-refractivity contribution in [3.05, 3.63) is 41.7 Å². The fourth-order valence-electron chi connectivity index (χ4n) is 3.83. The highest BCUT2D eigenvalue weighted by Gasteiger charge is 2.29. The minimum Gasteiger partial charge on any atom is -0.346 e. The van der Waals surface area contributed by atoms with E-state index in [9.17, 15) is 9.18 Å². The molecule has 1 atom stereocenters. The number of carbonyl (C=O) groups is 1. The molecule has 2 aliphatic heterocycles. The second-order valence-corrected chi connectivity index (χ2v) is 7.24. The summed E-state index contributed by atoms with van der Waals surface area (Å²) in [5, 5.41) is 2.88. The molecule has 1 aromatic carbocycles. The summed E-state index contributed by atoms with van der Waals surface area (Å²) in [6.07, 6.45) is 5.64. The van der Waals surface area contributed by atoms with E-state index in [0.717, 1.165) is 39.0 Å². The van der Waals surface area contributed by atoms with Crippen LogP contribution in [0.1, 0.15) is 31.2 Å². The van der Waals surface area contributed by atoms with Crippen LogP contribution in [0.15, 0.2) is 36.2 Å². The number of halogens is 1. The number of nitrogens with zero attached hydrogens (tertiary/aromatic N) is 2. The van der Waals surface area contributed by atoms with Crippen molar-refractivity contribution in [1.82, 2.24) is 15.1 Å². The number of hydrogen-bond donors (Lipinski definition) is 1. The first-order chi connectivity index (χ1) is 12.1. The lowest BCUT2D eigenvalue weighted by Gasteiger charge is -2.41. The topological polar surface area (TPSA) is 35.6 Å². The van der Waals surface area contributed by atoms with Crippen LogP contribution in [0.25, 0.3) is 6.08 Å². The number of carbonyl (C=O) groups excluding carboxylic acids is 1. The van der Waals surface area contributed by atoms with Crippen LogP contribution in [-0.4, -0.2) is 61.0 Å². The molecule has 136 valence electrons. The molecule has 0 spiro atoms. The van der Waals surface area contributed by atoms with E-state index in [0.29, 0.717) is 11.6 Å². The highest BCUT2D eigenvalue weighted by molar-refractivity contribution is 5.95. The largest absolute Gasteiger partial charge is 0.346 e. The number of likely N-dealkylation sites (tertiary alicyclic amines) is 2. The molecule has 0 saturated carbocycles. The number of benzene rings is 1. The van der Waals surface area contributed by atoms with Crippen LogP contribution < -0.4 is 5.32 Å². The second kappa shape index (κ2) is 8.59. The lowest BCUT2D eigenvalue weighted by Crippen LogP contribution is -2.53. The quantitative estimate of drug-likeness (QED) is 0.852. The van der Waals surface area contributed by atoms with Gasteiger partial charge in [0.25, 0.3) is 5.91 Å². The smallest absolute Gasteiger partial charge is 0.280 e. The van der Waals surface area contributed by atoms with Gasteiger partial charge >= 0.3 is 0 Å². The first-order valence-electron chi connectivity index (χ1n) is 9.27. The van der Waals surface area contributed by atoms with Crippen LogP contribution in [0.4, 0.5) is 4.39 Å². The van der Waals surface area contributed by atoms with Crippen LogP contribution in [0.2, 0.25) is 0 Å². The number of nitrogens with one attached hydrogen (secondary N) is 1. The normalized spacial score (nSPS) is 24.2. The standard InChI is InChI=1S/C20H28FN3O/c1-23-12-9-18(10-13-23)24-11-5-8-17(15-24)22-20(25)19(21)14-16-6-3-2-4-7-16/h2-4,6-7,14,17-18H,5,8-13,15H2,1H3,(H,22,25)/b19-14-. The molecular weight excluding hydrogens is 317 g/mol. The first kappa shape index (κ1) is 18.1. The number of piperidine rings is 2. The minimum absolute atomic E-state index is 0.0378. The van der Waals surface area contributed by atoms with E-state index in [4.69, 9.17) is 0 Å². The Balaban J connectivity index is 1.53. The van der Waals surface area contributed by atoms with Gasteiger partial charge in [0.15, 0.2) is 5.83 Å². The molecule has 1 unspecified atom stereocenters. The second-order valence-electron chi connectivity index (χ2n) is 7.24. The molecule has 0 aromatic heterocycles. The molecule has 0 radical (unpaired) electrons. The molecule has 2 fully saturated rings. The maximum Gasteiger partial charge on any atom is 0.280 e. The number of amides is 1. The van der Waals surface area contributed by atoms with E-state index in [2.05, 4.69) is 22.2 Å². The fraction of sp³-hybridized carbons (Fsp3) is 0.550. The van der Waals surface area contributed by atoms with E-state index in [-0.39, 0.29) is 6.04 Å². The monoisotopic (exact) mass is 345 g/mol. The summed E-state index contributed by atoms with van der Waals surface area (Å²) in [6.45, 7) is 4.18. The van der Waals surface area contributed by atoms with Gasteiger partial charge < -0.3 is 10.2 Å². The van der Waals surface area contributed by atoms with E-state index >= 15 is 0 Å². The molecule has 1 amide bonds. The van der Waals surface area contributed by atoms with Gasteiger partial charge in [-0.1, -0.05) is 30.3 Å². The van der Waals surface area contributed by atoms with Crippen molar-refractivity contribution < 1.29 is 9.18 Å². The van der Waals surface area contributed by atoms with E-state index in [1.807, 2.05) is 18.2 Å². The molecule has 4 nitrogen and oxygen atoms in total. The Morgan fingerprint density at radius 1 is 1.16 bits per heavy atom. The molecule has 2 aliphatic rings. The van der Waals surface area contributed by atoms with Gasteiger partial charge in [-0.25, -0.2) is 4.39 Å². The molecular formula is C20H28FN3O. The summed E-state index contributed by atoms with van der Waals surface area (Å²) in [6, 6.07) is 9.74. The Morgan fingerprint density at radius 3 is 2.60 bits per heavy atom. The first-order valence-corrected chi connectivity index (χ1v) is 9.27. The van der Waals surface area contributed by atoms with Crippen molar-refractivity contribution >= 4 is 12.0 Å². The van der Waals surface area contributed by atoms with Crippen LogP contribution in [-0.2, 0) is 4.79 Å². The highest BCUT2D eigenvalue weighted by Crippen LogP contribution is 2.21. The van der Waals surface area contributed by atoms with Crippen LogP contribution >= 0.6 is 0 Å². The summed E-state index contributed by atoms with van der Waals surface area (Å²) >= 11 is 0. The minimum atomic E-state index is -0.720. The van der Waals surface area contributed by atoms with Gasteiger partial charge in [-0.2, -0.15) is 0 Å². The van der Waals surface area contributed by atoms with Crippen molar-refractivity contribution in [2.45, 2.75) is 37.8 Å². The molecule has 1 N–H and O–H groups in total. The van der Waals surface area contributed by atoms with Crippen LogP contribution in [0.5, 0.6) is 0 Å². The van der Waals surface area contributed by atoms with Gasteiger partial charge in [-0.15, -0.1) is 0 Å². The van der Waals surface area contributed by atoms with Gasteiger partial charge in [-0.3, -0.25) is 9.69 Å². The lowest BCUT2D eigenvalue weighted by molar-refractivity contribution is -0.119. The zero-order valence-corrected chi connectivity index (χ0v) is 15.0. The molecule has 5 heteroatoms. The molecule has 3 rings (SSSR count). The Hall–Kier alpha value is -1.72. The molecule has 2 saturated heterocycles. The SMILES string of the molecule is CN1CCC(N2CCCC(NC(=O)/C(F)=C/c3ccccc3)C2)CC1. The third-order valence-corrected chi connectivity index (χ3v) is 5.30. The molecule has 1 aromatic rings. The van der Waals surface area contributed by atoms with Crippen molar-refractivity contribution in [2.75, 3.05) is 33.2 Å². The van der Waals surface area contributed by atoms with Gasteiger partial charge in [-0.05, 0) is 64.0 Å². The Morgan fingerprint density at radius 2 is 1.88 bits per heavy atom. The summed E-state index contributed by atoms with van der Waals surface area (Å²) in [7, 11) is 2.16. The third kappa shape index (κ3) is 5.13. The van der Waals surface area contributed by atoms with E-state index < -0.39 is 11.7 Å². The van der Waals surface area contributed by atoms with Crippen molar-refractivity contribution in [3.8, 4) is 0 Å². The molecule has 2 heterocycles. The van der Waals surface area contributed by atoms with Gasteiger partial charge in [0, 0.05) is 18.6 Å². The Labute approximate surface area is 149 Å². The summed E-state index contributed by atoms with van der Waals surface area (Å²) < 4.78 is 14.2. The summed E-state index contributed by atoms with van der Waals surface area (Å²) in [5.41, 5.74) is 0.701. The maximum absolute atomic E-state index is 14.2. The molecule has 0 bridgehead atoms. The lowest BCUT2D eigenvalue weighted by atomic mass is 9.98. The predicted molar refractivity (Wildman–Crippen MR) is 98.8 cm³/mol. The molecule has 0 aliphatic carbocycles. The van der Waals surface area contributed by atoms with Gasteiger partial charge in [0.2, 0.25) is 0 Å². The average Bonchev–Trinajstić information content (AvgIpc) is 2.63. The highest BCUT2D eigenvalue weighted by atomic mass is 19.1. The van der Waals surface area contributed by atoms with Crippen LogP contribution in [0.3, 0.4) is 0 Å².